The van der Waals surface area contributed by atoms with Crippen molar-refractivity contribution in [3.05, 3.63) is 34.9 Å². The quantitative estimate of drug-likeness (QED) is 0.819. The Balaban J connectivity index is 3.11. The summed E-state index contributed by atoms with van der Waals surface area (Å²) in [5.74, 6) is 0. The Hall–Kier alpha value is -1.24. The zero-order valence-corrected chi connectivity index (χ0v) is 11.0. The van der Waals surface area contributed by atoms with Crippen molar-refractivity contribution < 1.29 is 26.3 Å². The summed E-state index contributed by atoms with van der Waals surface area (Å²) >= 11 is 0. The monoisotopic (exact) mass is 299 g/mol. The highest BCUT2D eigenvalue weighted by Crippen LogP contribution is 2.36. The number of rotatable bonds is 4. The van der Waals surface area contributed by atoms with Crippen LogP contribution in [0.25, 0.3) is 0 Å². The van der Waals surface area contributed by atoms with Crippen LogP contribution in [0.3, 0.4) is 0 Å². The van der Waals surface area contributed by atoms with Gasteiger partial charge in [0.2, 0.25) is 0 Å². The van der Waals surface area contributed by atoms with Crippen LogP contribution in [0.2, 0.25) is 0 Å². The zero-order chi connectivity index (χ0) is 15.6. The molecule has 0 aliphatic rings. The minimum absolute atomic E-state index is 0.0129. The van der Waals surface area contributed by atoms with Gasteiger partial charge in [-0.1, -0.05) is 0 Å². The molecule has 1 unspecified atom stereocenters. The lowest BCUT2D eigenvalue weighted by molar-refractivity contribution is -0.143. The minimum atomic E-state index is -4.79. The van der Waals surface area contributed by atoms with Crippen molar-refractivity contribution in [3.63, 3.8) is 0 Å². The summed E-state index contributed by atoms with van der Waals surface area (Å²) in [6.45, 7) is 1.80. The van der Waals surface area contributed by atoms with E-state index in [1.807, 2.05) is 0 Å². The summed E-state index contributed by atoms with van der Waals surface area (Å²) in [6.07, 6.45) is -8.97. The molecule has 0 radical (unpaired) electrons. The molecule has 0 aromatic heterocycles. The van der Waals surface area contributed by atoms with Crippen LogP contribution in [0.1, 0.15) is 30.0 Å². The maximum Gasteiger partial charge on any atom is 0.416 e. The summed E-state index contributed by atoms with van der Waals surface area (Å²) in [5.41, 5.74) is -2.49. The molecular formula is C13H15F6N. The second-order valence-electron chi connectivity index (χ2n) is 4.64. The van der Waals surface area contributed by atoms with E-state index in [4.69, 9.17) is 0 Å². The number of benzene rings is 1. The van der Waals surface area contributed by atoms with Crippen molar-refractivity contribution in [2.75, 3.05) is 7.05 Å². The third-order valence-corrected chi connectivity index (χ3v) is 3.01. The average molecular weight is 299 g/mol. The Morgan fingerprint density at radius 3 is 1.75 bits per heavy atom. The van der Waals surface area contributed by atoms with Crippen molar-refractivity contribution in [2.24, 2.45) is 0 Å². The number of aryl methyl sites for hydroxylation is 1. The van der Waals surface area contributed by atoms with E-state index >= 15 is 0 Å². The predicted octanol–water partition coefficient (Wildman–Crippen LogP) is 4.26. The van der Waals surface area contributed by atoms with E-state index in [1.165, 1.54) is 0 Å². The molecule has 0 aliphatic carbocycles. The highest BCUT2D eigenvalue weighted by molar-refractivity contribution is 5.33. The Labute approximate surface area is 113 Å². The van der Waals surface area contributed by atoms with Crippen LogP contribution in [0.4, 0.5) is 26.3 Å². The van der Waals surface area contributed by atoms with E-state index in [-0.39, 0.29) is 24.1 Å². The smallest absolute Gasteiger partial charge is 0.317 e. The maximum atomic E-state index is 12.6. The van der Waals surface area contributed by atoms with Crippen molar-refractivity contribution in [3.8, 4) is 0 Å². The number of hydrogen-bond acceptors (Lipinski definition) is 1. The standard InChI is InChI=1S/C13H15F6N/c1-8(20-2)3-4-9-5-10(12(14,15)16)7-11(6-9)13(17,18)19/h5-8,20H,3-4H2,1-2H3. The van der Waals surface area contributed by atoms with Crippen LogP contribution in [0.5, 0.6) is 0 Å². The molecule has 0 saturated heterocycles. The summed E-state index contributed by atoms with van der Waals surface area (Å²) in [4.78, 5) is 0. The molecule has 1 aromatic carbocycles. The van der Waals surface area contributed by atoms with Crippen molar-refractivity contribution >= 4 is 0 Å². The lowest BCUT2D eigenvalue weighted by atomic mass is 10.00. The van der Waals surface area contributed by atoms with Gasteiger partial charge in [0.05, 0.1) is 11.1 Å². The van der Waals surface area contributed by atoms with Gasteiger partial charge in [0.1, 0.15) is 0 Å². The molecule has 1 atom stereocenters. The van der Waals surface area contributed by atoms with E-state index in [0.717, 1.165) is 12.1 Å². The molecule has 20 heavy (non-hydrogen) atoms. The van der Waals surface area contributed by atoms with Gasteiger partial charge in [0.15, 0.2) is 0 Å². The summed E-state index contributed by atoms with van der Waals surface area (Å²) in [6, 6.07) is 1.71. The van der Waals surface area contributed by atoms with Crippen LogP contribution in [0.15, 0.2) is 18.2 Å². The molecule has 0 aliphatic heterocycles. The zero-order valence-electron chi connectivity index (χ0n) is 11.0. The van der Waals surface area contributed by atoms with Gasteiger partial charge in [-0.2, -0.15) is 26.3 Å². The average Bonchev–Trinajstić information content (AvgIpc) is 2.33. The van der Waals surface area contributed by atoms with Crippen molar-refractivity contribution in [1.82, 2.24) is 5.32 Å². The SMILES string of the molecule is CNC(C)CCc1cc(C(F)(F)F)cc(C(F)(F)F)c1. The molecule has 0 spiro atoms. The molecule has 1 nitrogen and oxygen atoms in total. The van der Waals surface area contributed by atoms with E-state index in [1.54, 1.807) is 14.0 Å². The first kappa shape index (κ1) is 16.8. The number of nitrogens with one attached hydrogen (secondary N) is 1. The first-order chi connectivity index (χ1) is 9.04. The number of hydrogen-bond donors (Lipinski definition) is 1. The molecule has 1 rings (SSSR count). The first-order valence-electron chi connectivity index (χ1n) is 5.99. The molecule has 0 saturated carbocycles. The molecular weight excluding hydrogens is 284 g/mol. The molecule has 0 heterocycles. The fourth-order valence-corrected chi connectivity index (χ4v) is 1.69. The van der Waals surface area contributed by atoms with Gasteiger partial charge in [-0.25, -0.2) is 0 Å². The van der Waals surface area contributed by atoms with E-state index in [9.17, 15) is 26.3 Å². The second kappa shape index (κ2) is 6.03. The third-order valence-electron chi connectivity index (χ3n) is 3.01. The van der Waals surface area contributed by atoms with Gasteiger partial charge in [-0.05, 0) is 50.6 Å². The van der Waals surface area contributed by atoms with Gasteiger partial charge in [-0.15, -0.1) is 0 Å². The highest BCUT2D eigenvalue weighted by Gasteiger charge is 2.36. The lowest BCUT2D eigenvalue weighted by Gasteiger charge is -2.15. The Morgan fingerprint density at radius 2 is 1.40 bits per heavy atom. The predicted molar refractivity (Wildman–Crippen MR) is 63.3 cm³/mol. The molecule has 0 bridgehead atoms. The summed E-state index contributed by atoms with van der Waals surface area (Å²) in [7, 11) is 1.68. The summed E-state index contributed by atoms with van der Waals surface area (Å²) < 4.78 is 75.7. The van der Waals surface area contributed by atoms with E-state index < -0.39 is 23.5 Å². The minimum Gasteiger partial charge on any atom is -0.317 e. The van der Waals surface area contributed by atoms with E-state index in [2.05, 4.69) is 5.32 Å². The maximum absolute atomic E-state index is 12.6. The van der Waals surface area contributed by atoms with E-state index in [0.29, 0.717) is 6.42 Å². The summed E-state index contributed by atoms with van der Waals surface area (Å²) in [5, 5.41) is 2.88. The fourth-order valence-electron chi connectivity index (χ4n) is 1.69. The van der Waals surface area contributed by atoms with Crippen molar-refractivity contribution in [2.45, 2.75) is 38.2 Å². The van der Waals surface area contributed by atoms with Crippen LogP contribution in [-0.4, -0.2) is 13.1 Å². The Bertz CT molecular complexity index is 417. The Kier molecular flexibility index (Phi) is 5.07. The molecule has 0 fully saturated rings. The molecule has 7 heteroatoms. The normalized spacial score (nSPS) is 14.4. The number of halogens is 6. The largest absolute Gasteiger partial charge is 0.416 e. The third kappa shape index (κ3) is 4.70. The topological polar surface area (TPSA) is 12.0 Å². The van der Waals surface area contributed by atoms with Crippen molar-refractivity contribution in [1.29, 1.82) is 0 Å². The highest BCUT2D eigenvalue weighted by atomic mass is 19.4. The Morgan fingerprint density at radius 1 is 0.950 bits per heavy atom. The molecule has 0 amide bonds. The molecule has 1 N–H and O–H groups in total. The fraction of sp³-hybridized carbons (Fsp3) is 0.538. The number of alkyl halides is 6. The van der Waals surface area contributed by atoms with Gasteiger partial charge in [0, 0.05) is 6.04 Å². The van der Waals surface area contributed by atoms with Gasteiger partial charge < -0.3 is 5.32 Å². The van der Waals surface area contributed by atoms with Crippen LogP contribution in [-0.2, 0) is 18.8 Å². The first-order valence-corrected chi connectivity index (χ1v) is 5.99. The van der Waals surface area contributed by atoms with Crippen LogP contribution in [0, 0.1) is 0 Å². The van der Waals surface area contributed by atoms with Crippen LogP contribution >= 0.6 is 0 Å². The second-order valence-corrected chi connectivity index (χ2v) is 4.64. The lowest BCUT2D eigenvalue weighted by Crippen LogP contribution is -2.21. The molecule has 114 valence electrons. The molecule has 1 aromatic rings. The van der Waals surface area contributed by atoms with Gasteiger partial charge >= 0.3 is 12.4 Å². The van der Waals surface area contributed by atoms with Crippen LogP contribution < -0.4 is 5.32 Å². The van der Waals surface area contributed by atoms with Gasteiger partial charge in [-0.3, -0.25) is 0 Å². The van der Waals surface area contributed by atoms with Gasteiger partial charge in [0.25, 0.3) is 0 Å².